The van der Waals surface area contributed by atoms with Gasteiger partial charge >= 0.3 is 0 Å². The third-order valence-electron chi connectivity index (χ3n) is 2.37. The van der Waals surface area contributed by atoms with E-state index in [4.69, 9.17) is 0 Å². The van der Waals surface area contributed by atoms with E-state index in [0.717, 1.165) is 20.8 Å². The standard InChI is InChI=1S/C12H12IN3/c1-8-5-3-4-6-9(8)11-15-7-10(13)12(14-2)16-11/h3-7H,1-2H3,(H,14,15,16). The summed E-state index contributed by atoms with van der Waals surface area (Å²) in [6.07, 6.45) is 1.83. The number of halogens is 1. The number of rotatable bonds is 2. The van der Waals surface area contributed by atoms with Crippen molar-refractivity contribution in [3.8, 4) is 11.4 Å². The number of anilines is 1. The van der Waals surface area contributed by atoms with Gasteiger partial charge in [0.1, 0.15) is 5.82 Å². The molecule has 3 nitrogen and oxygen atoms in total. The number of nitrogens with one attached hydrogen (secondary N) is 1. The molecule has 0 bridgehead atoms. The minimum absolute atomic E-state index is 0.767. The number of benzene rings is 1. The average Bonchev–Trinajstić information content (AvgIpc) is 2.31. The Kier molecular flexibility index (Phi) is 3.38. The Morgan fingerprint density at radius 2 is 2.00 bits per heavy atom. The number of aromatic nitrogens is 2. The average molecular weight is 325 g/mol. The highest BCUT2D eigenvalue weighted by Crippen LogP contribution is 2.22. The normalized spacial score (nSPS) is 10.2. The van der Waals surface area contributed by atoms with Crippen LogP contribution in [0.1, 0.15) is 5.56 Å². The first-order chi connectivity index (χ1) is 7.72. The first-order valence-corrected chi connectivity index (χ1v) is 6.06. The number of hydrogen-bond donors (Lipinski definition) is 1. The Labute approximate surface area is 108 Å². The molecule has 4 heteroatoms. The van der Waals surface area contributed by atoms with Crippen molar-refractivity contribution in [2.45, 2.75) is 6.92 Å². The molecule has 1 aromatic heterocycles. The third-order valence-corrected chi connectivity index (χ3v) is 3.16. The van der Waals surface area contributed by atoms with Crippen LogP contribution in [0.15, 0.2) is 30.5 Å². The van der Waals surface area contributed by atoms with Crippen LogP contribution in [0.4, 0.5) is 5.82 Å². The lowest BCUT2D eigenvalue weighted by Gasteiger charge is -2.07. The molecule has 2 rings (SSSR count). The topological polar surface area (TPSA) is 37.8 Å². The second-order valence-electron chi connectivity index (χ2n) is 3.46. The highest BCUT2D eigenvalue weighted by atomic mass is 127. The van der Waals surface area contributed by atoms with E-state index in [1.165, 1.54) is 5.56 Å². The van der Waals surface area contributed by atoms with Crippen molar-refractivity contribution in [3.63, 3.8) is 0 Å². The Morgan fingerprint density at radius 3 is 2.69 bits per heavy atom. The molecule has 0 fully saturated rings. The summed E-state index contributed by atoms with van der Waals surface area (Å²) in [7, 11) is 1.87. The first-order valence-electron chi connectivity index (χ1n) is 4.98. The SMILES string of the molecule is CNc1nc(-c2ccccc2C)ncc1I. The lowest BCUT2D eigenvalue weighted by molar-refractivity contribution is 1.14. The molecule has 0 atom stereocenters. The van der Waals surface area contributed by atoms with Crippen LogP contribution in [0.5, 0.6) is 0 Å². The predicted molar refractivity (Wildman–Crippen MR) is 74.5 cm³/mol. The molecule has 0 aliphatic carbocycles. The van der Waals surface area contributed by atoms with E-state index in [2.05, 4.69) is 50.9 Å². The van der Waals surface area contributed by atoms with E-state index >= 15 is 0 Å². The molecule has 0 radical (unpaired) electrons. The summed E-state index contributed by atoms with van der Waals surface area (Å²) in [5.74, 6) is 1.64. The van der Waals surface area contributed by atoms with Crippen molar-refractivity contribution < 1.29 is 0 Å². The third kappa shape index (κ3) is 2.16. The second kappa shape index (κ2) is 4.78. The molecule has 0 unspecified atom stereocenters. The van der Waals surface area contributed by atoms with Crippen LogP contribution in [-0.4, -0.2) is 17.0 Å². The van der Waals surface area contributed by atoms with Crippen molar-refractivity contribution >= 4 is 28.4 Å². The summed E-state index contributed by atoms with van der Waals surface area (Å²) >= 11 is 2.22. The fraction of sp³-hybridized carbons (Fsp3) is 0.167. The van der Waals surface area contributed by atoms with Crippen LogP contribution >= 0.6 is 22.6 Å². The molecule has 0 aliphatic rings. The molecule has 0 spiro atoms. The summed E-state index contributed by atoms with van der Waals surface area (Å²) in [4.78, 5) is 8.85. The van der Waals surface area contributed by atoms with Gasteiger partial charge in [0.15, 0.2) is 5.82 Å². The van der Waals surface area contributed by atoms with Gasteiger partial charge in [-0.05, 0) is 35.1 Å². The number of nitrogens with zero attached hydrogens (tertiary/aromatic N) is 2. The molecule has 1 aromatic carbocycles. The minimum Gasteiger partial charge on any atom is -0.372 e. The van der Waals surface area contributed by atoms with Gasteiger partial charge in [0.2, 0.25) is 0 Å². The zero-order chi connectivity index (χ0) is 11.5. The summed E-state index contributed by atoms with van der Waals surface area (Å²) in [6, 6.07) is 8.12. The predicted octanol–water partition coefficient (Wildman–Crippen LogP) is 3.10. The fourth-order valence-electron chi connectivity index (χ4n) is 1.50. The van der Waals surface area contributed by atoms with Crippen LogP contribution in [0.2, 0.25) is 0 Å². The Hall–Kier alpha value is -1.17. The summed E-state index contributed by atoms with van der Waals surface area (Å²) in [5.41, 5.74) is 2.26. The number of hydrogen-bond acceptors (Lipinski definition) is 3. The maximum absolute atomic E-state index is 4.49. The van der Waals surface area contributed by atoms with Gasteiger partial charge in [0.25, 0.3) is 0 Å². The van der Waals surface area contributed by atoms with E-state index in [1.54, 1.807) is 0 Å². The maximum Gasteiger partial charge on any atom is 0.161 e. The smallest absolute Gasteiger partial charge is 0.161 e. The molecule has 82 valence electrons. The van der Waals surface area contributed by atoms with Gasteiger partial charge in [0.05, 0.1) is 3.57 Å². The molecule has 0 amide bonds. The van der Waals surface area contributed by atoms with Crippen molar-refractivity contribution in [1.82, 2.24) is 9.97 Å². The van der Waals surface area contributed by atoms with Gasteiger partial charge in [-0.3, -0.25) is 0 Å². The molecule has 0 saturated carbocycles. The Bertz CT molecular complexity index is 511. The number of aryl methyl sites for hydroxylation is 1. The fourth-order valence-corrected chi connectivity index (χ4v) is 2.03. The van der Waals surface area contributed by atoms with E-state index in [0.29, 0.717) is 0 Å². The molecule has 1 heterocycles. The largest absolute Gasteiger partial charge is 0.372 e. The zero-order valence-electron chi connectivity index (χ0n) is 9.16. The second-order valence-corrected chi connectivity index (χ2v) is 4.62. The van der Waals surface area contributed by atoms with Gasteiger partial charge in [-0.15, -0.1) is 0 Å². The van der Waals surface area contributed by atoms with Crippen LogP contribution in [0.25, 0.3) is 11.4 Å². The highest BCUT2D eigenvalue weighted by molar-refractivity contribution is 14.1. The molecular weight excluding hydrogens is 313 g/mol. The molecule has 0 saturated heterocycles. The summed E-state index contributed by atoms with van der Waals surface area (Å²) in [5, 5.41) is 3.07. The van der Waals surface area contributed by atoms with Crippen molar-refractivity contribution in [3.05, 3.63) is 39.6 Å². The van der Waals surface area contributed by atoms with Crippen LogP contribution in [0.3, 0.4) is 0 Å². The highest BCUT2D eigenvalue weighted by Gasteiger charge is 2.07. The molecule has 2 aromatic rings. The molecular formula is C12H12IN3. The molecule has 16 heavy (non-hydrogen) atoms. The van der Waals surface area contributed by atoms with Gasteiger partial charge in [-0.25, -0.2) is 9.97 Å². The summed E-state index contributed by atoms with van der Waals surface area (Å²) in [6.45, 7) is 2.07. The molecule has 1 N–H and O–H groups in total. The Balaban J connectivity index is 2.53. The van der Waals surface area contributed by atoms with Crippen LogP contribution < -0.4 is 5.32 Å². The maximum atomic E-state index is 4.49. The van der Waals surface area contributed by atoms with E-state index in [-0.39, 0.29) is 0 Å². The van der Waals surface area contributed by atoms with Crippen molar-refractivity contribution in [1.29, 1.82) is 0 Å². The Morgan fingerprint density at radius 1 is 1.25 bits per heavy atom. The van der Waals surface area contributed by atoms with E-state index < -0.39 is 0 Å². The monoisotopic (exact) mass is 325 g/mol. The van der Waals surface area contributed by atoms with Gasteiger partial charge < -0.3 is 5.32 Å². The zero-order valence-corrected chi connectivity index (χ0v) is 11.3. The van der Waals surface area contributed by atoms with Gasteiger partial charge in [-0.2, -0.15) is 0 Å². The lowest BCUT2D eigenvalue weighted by Crippen LogP contribution is -1.99. The van der Waals surface area contributed by atoms with E-state index in [9.17, 15) is 0 Å². The summed E-state index contributed by atoms with van der Waals surface area (Å²) < 4.78 is 1.03. The first kappa shape index (κ1) is 11.3. The van der Waals surface area contributed by atoms with Gasteiger partial charge in [0, 0.05) is 18.8 Å². The van der Waals surface area contributed by atoms with E-state index in [1.807, 2.05) is 31.4 Å². The quantitative estimate of drug-likeness (QED) is 0.862. The molecule has 0 aliphatic heterocycles. The minimum atomic E-state index is 0.767. The van der Waals surface area contributed by atoms with Crippen LogP contribution in [-0.2, 0) is 0 Å². The lowest BCUT2D eigenvalue weighted by atomic mass is 10.1. The van der Waals surface area contributed by atoms with Gasteiger partial charge in [-0.1, -0.05) is 24.3 Å². The van der Waals surface area contributed by atoms with Crippen molar-refractivity contribution in [2.75, 3.05) is 12.4 Å². The van der Waals surface area contributed by atoms with Crippen LogP contribution in [0, 0.1) is 10.5 Å². The van der Waals surface area contributed by atoms with Crippen molar-refractivity contribution in [2.24, 2.45) is 0 Å².